The van der Waals surface area contributed by atoms with Gasteiger partial charge in [-0.05, 0) is 42.3 Å². The number of rotatable bonds is 4. The SMILES string of the molecule is Cc1cccc(N2CS/C(=N/Cc3ccc(C(F)(F)F)cc3)N(CC(F)(F)F)C2=O)c1. The summed E-state index contributed by atoms with van der Waals surface area (Å²) in [4.78, 5) is 18.7. The topological polar surface area (TPSA) is 35.9 Å². The number of aryl methyl sites for hydroxylation is 1. The number of anilines is 1. The van der Waals surface area contributed by atoms with Gasteiger partial charge in [0.2, 0.25) is 0 Å². The minimum atomic E-state index is -4.65. The molecule has 11 heteroatoms. The van der Waals surface area contributed by atoms with Gasteiger partial charge in [0.15, 0.2) is 5.17 Å². The highest BCUT2D eigenvalue weighted by Gasteiger charge is 2.40. The quantitative estimate of drug-likeness (QED) is 0.519. The molecule has 3 rings (SSSR count). The van der Waals surface area contributed by atoms with Crippen LogP contribution in [0, 0.1) is 6.92 Å². The number of benzene rings is 2. The molecule has 1 aliphatic rings. The first-order valence-corrected chi connectivity index (χ1v) is 9.98. The van der Waals surface area contributed by atoms with Crippen LogP contribution in [0.2, 0.25) is 0 Å². The van der Waals surface area contributed by atoms with Crippen molar-refractivity contribution in [3.05, 3.63) is 65.2 Å². The lowest BCUT2D eigenvalue weighted by molar-refractivity contribution is -0.137. The molecule has 0 N–H and O–H groups in total. The Kier molecular flexibility index (Phi) is 6.54. The van der Waals surface area contributed by atoms with Gasteiger partial charge in [0.1, 0.15) is 6.54 Å². The highest BCUT2D eigenvalue weighted by atomic mass is 32.2. The monoisotopic (exact) mass is 461 g/mol. The number of alkyl halides is 6. The Morgan fingerprint density at radius 1 is 1.03 bits per heavy atom. The number of amides is 2. The van der Waals surface area contributed by atoms with Crippen LogP contribution in [-0.4, -0.2) is 34.7 Å². The maximum atomic E-state index is 13.1. The molecule has 0 bridgehead atoms. The molecular weight excluding hydrogens is 444 g/mol. The average molecular weight is 461 g/mol. The normalized spacial score (nSPS) is 16.9. The van der Waals surface area contributed by atoms with Gasteiger partial charge in [0.25, 0.3) is 0 Å². The Labute approximate surface area is 178 Å². The first-order chi connectivity index (χ1) is 14.4. The molecule has 0 aliphatic carbocycles. The minimum Gasteiger partial charge on any atom is -0.284 e. The van der Waals surface area contributed by atoms with Crippen molar-refractivity contribution >= 4 is 28.6 Å². The number of nitrogens with zero attached hydrogens (tertiary/aromatic N) is 3. The first kappa shape index (κ1) is 23.0. The Hall–Kier alpha value is -2.69. The summed E-state index contributed by atoms with van der Waals surface area (Å²) in [6.45, 7) is 0.120. The second-order valence-corrected chi connectivity index (χ2v) is 7.73. The number of amidine groups is 1. The lowest BCUT2D eigenvalue weighted by atomic mass is 10.1. The number of hydrogen-bond acceptors (Lipinski definition) is 3. The zero-order valence-electron chi connectivity index (χ0n) is 16.2. The third-order valence-electron chi connectivity index (χ3n) is 4.34. The molecule has 4 nitrogen and oxygen atoms in total. The van der Waals surface area contributed by atoms with E-state index in [-0.39, 0.29) is 17.6 Å². The number of urea groups is 1. The molecule has 31 heavy (non-hydrogen) atoms. The van der Waals surface area contributed by atoms with Gasteiger partial charge in [0, 0.05) is 5.69 Å². The average Bonchev–Trinajstić information content (AvgIpc) is 2.67. The van der Waals surface area contributed by atoms with Gasteiger partial charge in [-0.3, -0.25) is 14.8 Å². The summed E-state index contributed by atoms with van der Waals surface area (Å²) in [7, 11) is 0. The Morgan fingerprint density at radius 3 is 2.29 bits per heavy atom. The smallest absolute Gasteiger partial charge is 0.284 e. The molecular formula is C20H17F6N3OS. The van der Waals surface area contributed by atoms with E-state index in [0.29, 0.717) is 16.2 Å². The van der Waals surface area contributed by atoms with Gasteiger partial charge >= 0.3 is 18.4 Å². The molecule has 2 aromatic rings. The fourth-order valence-electron chi connectivity index (χ4n) is 2.87. The molecule has 1 aliphatic heterocycles. The van der Waals surface area contributed by atoms with Crippen LogP contribution in [0.25, 0.3) is 0 Å². The second-order valence-electron chi connectivity index (χ2n) is 6.82. The third-order valence-corrected chi connectivity index (χ3v) is 5.34. The van der Waals surface area contributed by atoms with Crippen LogP contribution in [0.1, 0.15) is 16.7 Å². The van der Waals surface area contributed by atoms with Crippen LogP contribution in [0.5, 0.6) is 0 Å². The molecule has 2 amide bonds. The third kappa shape index (κ3) is 5.93. The molecule has 0 radical (unpaired) electrons. The lowest BCUT2D eigenvalue weighted by Crippen LogP contribution is -2.53. The minimum absolute atomic E-state index is 0.0580. The van der Waals surface area contributed by atoms with E-state index in [1.54, 1.807) is 31.2 Å². The van der Waals surface area contributed by atoms with E-state index in [2.05, 4.69) is 4.99 Å². The maximum Gasteiger partial charge on any atom is 0.416 e. The highest BCUT2D eigenvalue weighted by molar-refractivity contribution is 8.14. The van der Waals surface area contributed by atoms with E-state index >= 15 is 0 Å². The van der Waals surface area contributed by atoms with Crippen LogP contribution in [-0.2, 0) is 12.7 Å². The molecule has 2 aromatic carbocycles. The van der Waals surface area contributed by atoms with Gasteiger partial charge in [-0.15, -0.1) is 0 Å². The van der Waals surface area contributed by atoms with Crippen molar-refractivity contribution in [2.45, 2.75) is 25.8 Å². The van der Waals surface area contributed by atoms with Gasteiger partial charge in [-0.2, -0.15) is 26.3 Å². The predicted octanol–water partition coefficient (Wildman–Crippen LogP) is 6.07. The van der Waals surface area contributed by atoms with E-state index in [4.69, 9.17) is 0 Å². The number of halogens is 6. The van der Waals surface area contributed by atoms with Crippen LogP contribution >= 0.6 is 11.8 Å². The van der Waals surface area contributed by atoms with Crippen molar-refractivity contribution in [3.8, 4) is 0 Å². The summed E-state index contributed by atoms with van der Waals surface area (Å²) >= 11 is 0.952. The van der Waals surface area contributed by atoms with Crippen molar-refractivity contribution in [3.63, 3.8) is 0 Å². The number of aliphatic imine (C=N–C) groups is 1. The molecule has 0 unspecified atom stereocenters. The maximum absolute atomic E-state index is 13.1. The van der Waals surface area contributed by atoms with E-state index in [1.165, 1.54) is 17.0 Å². The van der Waals surface area contributed by atoms with E-state index in [9.17, 15) is 31.1 Å². The fourth-order valence-corrected chi connectivity index (χ4v) is 3.83. The molecule has 0 saturated carbocycles. The van der Waals surface area contributed by atoms with Crippen LogP contribution in [0.3, 0.4) is 0 Å². The zero-order chi connectivity index (χ0) is 22.8. The molecule has 0 aromatic heterocycles. The summed E-state index contributed by atoms with van der Waals surface area (Å²) < 4.78 is 77.3. The zero-order valence-corrected chi connectivity index (χ0v) is 17.0. The van der Waals surface area contributed by atoms with E-state index in [0.717, 1.165) is 29.5 Å². The molecule has 1 fully saturated rings. The number of hydrogen-bond donors (Lipinski definition) is 0. The molecule has 1 heterocycles. The van der Waals surface area contributed by atoms with Crippen molar-refractivity contribution in [2.75, 3.05) is 17.3 Å². The lowest BCUT2D eigenvalue weighted by Gasteiger charge is -2.36. The van der Waals surface area contributed by atoms with Crippen molar-refractivity contribution < 1.29 is 31.1 Å². The van der Waals surface area contributed by atoms with Gasteiger partial charge in [-0.25, -0.2) is 4.79 Å². The highest BCUT2D eigenvalue weighted by Crippen LogP contribution is 2.31. The fraction of sp³-hybridized carbons (Fsp3) is 0.300. The summed E-state index contributed by atoms with van der Waals surface area (Å²) in [5.41, 5.74) is 0.853. The molecule has 0 spiro atoms. The van der Waals surface area contributed by atoms with Crippen molar-refractivity contribution in [1.82, 2.24) is 4.90 Å². The molecule has 1 saturated heterocycles. The standard InChI is InChI=1S/C20H17F6N3OS/c1-13-3-2-4-16(9-13)29-12-31-17(28(18(29)30)11-19(21,22)23)27-10-14-5-7-15(8-6-14)20(24,25)26/h2-9H,10-12H2,1H3/b27-17+. The predicted molar refractivity (Wildman–Crippen MR) is 107 cm³/mol. The Morgan fingerprint density at radius 2 is 1.71 bits per heavy atom. The summed E-state index contributed by atoms with van der Waals surface area (Å²) in [5.74, 6) is 0.0580. The van der Waals surface area contributed by atoms with Gasteiger partial charge in [0.05, 0.1) is 18.0 Å². The summed E-state index contributed by atoms with van der Waals surface area (Å²) in [6, 6.07) is 10.1. The number of thioether (sulfide) groups is 1. The Balaban J connectivity index is 1.82. The summed E-state index contributed by atoms with van der Waals surface area (Å²) in [5, 5.41) is -0.133. The van der Waals surface area contributed by atoms with Crippen LogP contribution < -0.4 is 4.90 Å². The van der Waals surface area contributed by atoms with E-state index < -0.39 is 30.5 Å². The van der Waals surface area contributed by atoms with Gasteiger partial charge in [-0.1, -0.05) is 36.0 Å². The first-order valence-electron chi connectivity index (χ1n) is 9.00. The van der Waals surface area contributed by atoms with Gasteiger partial charge < -0.3 is 0 Å². The largest absolute Gasteiger partial charge is 0.416 e. The Bertz CT molecular complexity index is 972. The number of carbonyl (C=O) groups is 1. The number of carbonyl (C=O) groups excluding carboxylic acids is 1. The molecule has 0 atom stereocenters. The summed E-state index contributed by atoms with van der Waals surface area (Å²) in [6.07, 6.45) is -9.14. The molecule has 166 valence electrons. The van der Waals surface area contributed by atoms with E-state index in [1.807, 2.05) is 0 Å². The van der Waals surface area contributed by atoms with Crippen molar-refractivity contribution in [1.29, 1.82) is 0 Å². The van der Waals surface area contributed by atoms with Crippen LogP contribution in [0.4, 0.5) is 36.8 Å². The van der Waals surface area contributed by atoms with Crippen molar-refractivity contribution in [2.24, 2.45) is 4.99 Å². The van der Waals surface area contributed by atoms with Crippen LogP contribution in [0.15, 0.2) is 53.5 Å². The second kappa shape index (κ2) is 8.81.